The molecule has 1 saturated heterocycles. The first kappa shape index (κ1) is 20.6. The zero-order valence-electron chi connectivity index (χ0n) is 14.6. The van der Waals surface area contributed by atoms with Gasteiger partial charge in [-0.25, -0.2) is 0 Å². The molecule has 2 aliphatic carbocycles. The number of halogens is 4. The molecule has 0 aromatic heterocycles. The molecule has 1 spiro atoms. The molecule has 3 rings (SSSR count). The topological polar surface area (TPSA) is 29.3 Å². The van der Waals surface area contributed by atoms with E-state index in [1.165, 1.54) is 8.71 Å². The van der Waals surface area contributed by atoms with Crippen molar-refractivity contribution in [1.82, 2.24) is 4.90 Å². The van der Waals surface area contributed by atoms with Crippen molar-refractivity contribution in [3.05, 3.63) is 54.4 Å². The van der Waals surface area contributed by atoms with Gasteiger partial charge in [-0.15, -0.1) is 0 Å². The molecule has 3 aliphatic rings. The Balaban J connectivity index is 1.84. The van der Waals surface area contributed by atoms with Gasteiger partial charge in [0.25, 0.3) is 0 Å². The van der Waals surface area contributed by atoms with Crippen LogP contribution in [0.5, 0.6) is 0 Å². The Hall–Kier alpha value is -0.0979. The monoisotopic (exact) mass is 666 g/mol. The maximum atomic E-state index is 13.7. The van der Waals surface area contributed by atoms with Crippen LogP contribution < -0.4 is 5.73 Å². The number of alkyl halides is 3. The summed E-state index contributed by atoms with van der Waals surface area (Å²) >= 11 is 3.00. The molecule has 7 heteroatoms. The summed E-state index contributed by atoms with van der Waals surface area (Å²) in [4.78, 5) is 2.01. The quantitative estimate of drug-likeness (QED) is 0.348. The number of piperidine rings is 1. The molecule has 1 aliphatic heterocycles. The Kier molecular flexibility index (Phi) is 5.86. The average Bonchev–Trinajstić information content (AvgIpc) is 2.87. The molecule has 2 nitrogen and oxygen atoms in total. The van der Waals surface area contributed by atoms with Crippen LogP contribution in [0.1, 0.15) is 26.2 Å². The summed E-state index contributed by atoms with van der Waals surface area (Å²) in [7, 11) is 0. The van der Waals surface area contributed by atoms with E-state index < -0.39 is 17.3 Å². The van der Waals surface area contributed by atoms with Crippen LogP contribution in [0.25, 0.3) is 0 Å². The fourth-order valence-electron chi connectivity index (χ4n) is 4.37. The number of hydrogen-bond acceptors (Lipinski definition) is 2. The van der Waals surface area contributed by atoms with Gasteiger partial charge in [0.15, 0.2) is 0 Å². The molecular weight excluding hydrogens is 645 g/mol. The van der Waals surface area contributed by atoms with Gasteiger partial charge in [-0.05, 0) is 0 Å². The van der Waals surface area contributed by atoms with Gasteiger partial charge in [0, 0.05) is 0 Å². The summed E-state index contributed by atoms with van der Waals surface area (Å²) in [6.07, 6.45) is 7.17. The summed E-state index contributed by atoms with van der Waals surface area (Å²) in [6.45, 7) is 3.01. The van der Waals surface area contributed by atoms with Crippen molar-refractivity contribution in [2.45, 2.75) is 37.9 Å². The van der Waals surface area contributed by atoms with E-state index in [1.54, 1.807) is 13.0 Å². The van der Waals surface area contributed by atoms with E-state index in [2.05, 4.69) is 40.8 Å². The van der Waals surface area contributed by atoms with Gasteiger partial charge in [-0.2, -0.15) is 0 Å². The average molecular weight is 666 g/mol. The molecular formula is C19H21F3IN2Tl. The first-order chi connectivity index (χ1) is 12.1. The molecule has 138 valence electrons. The molecule has 1 heterocycles. The number of nitrogens with two attached hydrogens (primary N) is 1. The first-order valence-corrected chi connectivity index (χ1v) is 12.1. The maximum absolute atomic E-state index is 13.7. The third-order valence-corrected chi connectivity index (χ3v) is 8.26. The van der Waals surface area contributed by atoms with E-state index in [1.807, 2.05) is 8.98 Å². The van der Waals surface area contributed by atoms with Crippen LogP contribution in [0, 0.1) is 5.41 Å². The Labute approximate surface area is 182 Å². The number of allylic oxidation sites excluding steroid dienone is 6. The predicted octanol–water partition coefficient (Wildman–Crippen LogP) is 4.50. The second kappa shape index (κ2) is 7.38. The van der Waals surface area contributed by atoms with Gasteiger partial charge in [0.2, 0.25) is 0 Å². The molecule has 0 aromatic carbocycles. The van der Waals surface area contributed by atoms with Gasteiger partial charge in [0.1, 0.15) is 0 Å². The summed E-state index contributed by atoms with van der Waals surface area (Å²) in [6, 6.07) is 0. The molecule has 1 fully saturated rings. The summed E-state index contributed by atoms with van der Waals surface area (Å²) in [5.74, 6) is 0. The molecule has 1 atom stereocenters. The van der Waals surface area contributed by atoms with Gasteiger partial charge in [-0.1, -0.05) is 0 Å². The van der Waals surface area contributed by atoms with E-state index in [4.69, 9.17) is 5.73 Å². The summed E-state index contributed by atoms with van der Waals surface area (Å²) < 4.78 is 44.5. The van der Waals surface area contributed by atoms with E-state index in [0.717, 1.165) is 44.7 Å². The van der Waals surface area contributed by atoms with Gasteiger partial charge in [-0.3, -0.25) is 0 Å². The van der Waals surface area contributed by atoms with Crippen molar-refractivity contribution in [2.24, 2.45) is 11.1 Å². The second-order valence-electron chi connectivity index (χ2n) is 7.38. The molecule has 0 aromatic rings. The normalized spacial score (nSPS) is 29.5. The van der Waals surface area contributed by atoms with Crippen LogP contribution in [-0.4, -0.2) is 55.5 Å². The number of nitrogens with zero attached hydrogens (tertiary/aromatic N) is 1. The minimum absolute atomic E-state index is 0.00423. The Morgan fingerprint density at radius 2 is 1.96 bits per heavy atom. The van der Waals surface area contributed by atoms with E-state index in [0.29, 0.717) is 19.5 Å². The first-order valence-electron chi connectivity index (χ1n) is 8.59. The van der Waals surface area contributed by atoms with Crippen molar-refractivity contribution in [2.75, 3.05) is 13.1 Å². The van der Waals surface area contributed by atoms with Crippen LogP contribution in [0.3, 0.4) is 0 Å². The minimum atomic E-state index is -4.37. The number of likely N-dealkylation sites (tertiary alicyclic amines) is 1. The van der Waals surface area contributed by atoms with Crippen molar-refractivity contribution < 1.29 is 13.2 Å². The van der Waals surface area contributed by atoms with Crippen LogP contribution in [0.4, 0.5) is 13.2 Å². The third kappa shape index (κ3) is 3.61. The fraction of sp³-hybridized carbons (Fsp3) is 0.474. The zero-order chi connectivity index (χ0) is 19.2. The van der Waals surface area contributed by atoms with Crippen LogP contribution in [-0.2, 0) is 0 Å². The van der Waals surface area contributed by atoms with Crippen molar-refractivity contribution in [3.63, 3.8) is 0 Å². The summed E-state index contributed by atoms with van der Waals surface area (Å²) in [5, 5.41) is 0. The van der Waals surface area contributed by atoms with Crippen molar-refractivity contribution in [3.8, 4) is 0 Å². The zero-order valence-corrected chi connectivity index (χ0v) is 21.3. The van der Waals surface area contributed by atoms with Crippen LogP contribution in [0.15, 0.2) is 54.4 Å². The summed E-state index contributed by atoms with van der Waals surface area (Å²) in [5.41, 5.74) is 5.71. The molecule has 0 radical (unpaired) electrons. The van der Waals surface area contributed by atoms with Crippen molar-refractivity contribution in [1.29, 1.82) is 0 Å². The number of hydrogen-bond donors (Lipinski definition) is 1. The molecule has 26 heavy (non-hydrogen) atoms. The molecule has 0 bridgehead atoms. The van der Waals surface area contributed by atoms with Crippen LogP contribution in [0.2, 0.25) is 0 Å². The van der Waals surface area contributed by atoms with Crippen molar-refractivity contribution >= 4 is 48.4 Å². The Morgan fingerprint density at radius 1 is 1.31 bits per heavy atom. The van der Waals surface area contributed by atoms with E-state index in [-0.39, 0.29) is 11.1 Å². The molecule has 0 saturated carbocycles. The van der Waals surface area contributed by atoms with E-state index >= 15 is 0 Å². The Morgan fingerprint density at radius 3 is 2.54 bits per heavy atom. The van der Waals surface area contributed by atoms with Crippen LogP contribution >= 0.6 is 22.6 Å². The number of rotatable bonds is 2. The predicted molar refractivity (Wildman–Crippen MR) is 108 cm³/mol. The molecule has 2 N–H and O–H groups in total. The Bertz CT molecular complexity index is 740. The fourth-order valence-corrected chi connectivity index (χ4v) is 6.60. The third-order valence-electron chi connectivity index (χ3n) is 5.94. The standard InChI is InChI=1S/C19H21F3IN2.Tl/c1-17(7-4-15(24)13-16(17)19(20,21)22)25-11-8-18(9-12-25)6-2-3-14(18)5-10-23;/h2,4-6,10,13H,7-9,11-12,24H2,1H3;/b10-5-;. The van der Waals surface area contributed by atoms with Gasteiger partial charge >= 0.3 is 183 Å². The molecule has 1 unspecified atom stereocenters. The van der Waals surface area contributed by atoms with Gasteiger partial charge in [0.05, 0.1) is 0 Å². The molecule has 0 amide bonds. The SMILES string of the molecule is CC1(N2CCC3(C=C[C]([Tl])=C3/C=C\I)CC2)CC=C(N)C=C1C(F)(F)F. The van der Waals surface area contributed by atoms with E-state index in [9.17, 15) is 13.2 Å². The van der Waals surface area contributed by atoms with Gasteiger partial charge < -0.3 is 0 Å². The second-order valence-corrected chi connectivity index (χ2v) is 10.5.